The van der Waals surface area contributed by atoms with E-state index in [4.69, 9.17) is 11.5 Å². The van der Waals surface area contributed by atoms with Gasteiger partial charge in [-0.1, -0.05) is 30.3 Å². The number of hydrogen-bond donors (Lipinski definition) is 2. The number of anilines is 1. The molecular formula is C12H13N5. The topological polar surface area (TPSA) is 90.2 Å². The van der Waals surface area contributed by atoms with Crippen LogP contribution in [0.2, 0.25) is 0 Å². The summed E-state index contributed by atoms with van der Waals surface area (Å²) < 4.78 is 0. The van der Waals surface area contributed by atoms with E-state index in [0.717, 1.165) is 11.3 Å². The summed E-state index contributed by atoms with van der Waals surface area (Å²) >= 11 is 0. The highest BCUT2D eigenvalue weighted by Crippen LogP contribution is 2.17. The summed E-state index contributed by atoms with van der Waals surface area (Å²) in [6.45, 7) is 0. The van der Waals surface area contributed by atoms with Crippen LogP contribution in [0.3, 0.4) is 0 Å². The molecule has 0 radical (unpaired) electrons. The fraction of sp³-hybridized carbons (Fsp3) is 0.0833. The highest BCUT2D eigenvalue weighted by atomic mass is 15.0. The average molecular weight is 227 g/mol. The molecule has 2 aromatic rings. The summed E-state index contributed by atoms with van der Waals surface area (Å²) in [5.74, 6) is 0.570. The molecule has 4 N–H and O–H groups in total. The predicted octanol–water partition coefficient (Wildman–Crippen LogP) is 1.06. The van der Waals surface area contributed by atoms with Gasteiger partial charge in [-0.05, 0) is 0 Å². The van der Waals surface area contributed by atoms with Crippen molar-refractivity contribution in [1.82, 2.24) is 9.97 Å². The molecule has 1 aromatic heterocycles. The number of nitrogens with two attached hydrogens (primary N) is 2. The fourth-order valence-electron chi connectivity index (χ4n) is 1.44. The first kappa shape index (κ1) is 11.1. The minimum atomic E-state index is 0.285. The molecule has 0 aliphatic rings. The number of aromatic nitrogens is 2. The van der Waals surface area contributed by atoms with Crippen molar-refractivity contribution in [2.75, 3.05) is 12.8 Å². The Balaban J connectivity index is 2.52. The van der Waals surface area contributed by atoms with E-state index in [1.807, 2.05) is 30.3 Å². The third-order valence-electron chi connectivity index (χ3n) is 2.35. The lowest BCUT2D eigenvalue weighted by Gasteiger charge is -2.06. The molecule has 0 saturated heterocycles. The second-order valence-corrected chi connectivity index (χ2v) is 3.46. The lowest BCUT2D eigenvalue weighted by Crippen LogP contribution is -2.18. The maximum absolute atomic E-state index is 5.71. The molecule has 0 amide bonds. The van der Waals surface area contributed by atoms with Gasteiger partial charge in [0.25, 0.3) is 0 Å². The van der Waals surface area contributed by atoms with Crippen LogP contribution in [0.5, 0.6) is 0 Å². The first-order valence-electron chi connectivity index (χ1n) is 5.13. The minimum absolute atomic E-state index is 0.285. The molecule has 17 heavy (non-hydrogen) atoms. The van der Waals surface area contributed by atoms with Gasteiger partial charge in [0.15, 0.2) is 5.82 Å². The summed E-state index contributed by atoms with van der Waals surface area (Å²) in [5.41, 5.74) is 13.5. The van der Waals surface area contributed by atoms with Crippen molar-refractivity contribution in [3.05, 3.63) is 42.2 Å². The van der Waals surface area contributed by atoms with Crippen molar-refractivity contribution in [3.8, 4) is 11.3 Å². The standard InChI is InChI=1S/C12H13N5/c1-15-11(13)10-12(14)16-7-9(17-10)8-5-3-2-4-6-8/h2-7H,1H3,(H2,13,15)(H2,14,16). The molecule has 0 unspecified atom stereocenters. The van der Waals surface area contributed by atoms with Crippen molar-refractivity contribution in [1.29, 1.82) is 0 Å². The van der Waals surface area contributed by atoms with Gasteiger partial charge in [-0.25, -0.2) is 9.97 Å². The average Bonchev–Trinajstić information content (AvgIpc) is 2.39. The van der Waals surface area contributed by atoms with Gasteiger partial charge in [0, 0.05) is 12.6 Å². The minimum Gasteiger partial charge on any atom is -0.382 e. The monoisotopic (exact) mass is 227 g/mol. The Labute approximate surface area is 99.2 Å². The number of amidine groups is 1. The fourth-order valence-corrected chi connectivity index (χ4v) is 1.44. The first-order valence-corrected chi connectivity index (χ1v) is 5.13. The lowest BCUT2D eigenvalue weighted by molar-refractivity contribution is 1.18. The zero-order valence-corrected chi connectivity index (χ0v) is 9.46. The van der Waals surface area contributed by atoms with Gasteiger partial charge < -0.3 is 11.5 Å². The Kier molecular flexibility index (Phi) is 3.00. The van der Waals surface area contributed by atoms with E-state index in [0.29, 0.717) is 5.69 Å². The van der Waals surface area contributed by atoms with Gasteiger partial charge in [-0.3, -0.25) is 4.99 Å². The first-order chi connectivity index (χ1) is 8.22. The van der Waals surface area contributed by atoms with Crippen LogP contribution in [0.4, 0.5) is 5.82 Å². The van der Waals surface area contributed by atoms with E-state index in [2.05, 4.69) is 15.0 Å². The predicted molar refractivity (Wildman–Crippen MR) is 68.5 cm³/mol. The summed E-state index contributed by atoms with van der Waals surface area (Å²) in [5, 5.41) is 0. The van der Waals surface area contributed by atoms with Crippen LogP contribution in [0.25, 0.3) is 11.3 Å². The van der Waals surface area contributed by atoms with Crippen molar-refractivity contribution in [2.24, 2.45) is 10.7 Å². The molecule has 0 fully saturated rings. The van der Waals surface area contributed by atoms with E-state index in [-0.39, 0.29) is 11.7 Å². The van der Waals surface area contributed by atoms with Gasteiger partial charge in [0.05, 0.1) is 11.9 Å². The Hall–Kier alpha value is -2.43. The van der Waals surface area contributed by atoms with Crippen LogP contribution in [0.1, 0.15) is 5.69 Å². The Morgan fingerprint density at radius 3 is 2.59 bits per heavy atom. The molecule has 0 aliphatic carbocycles. The number of nitrogens with zero attached hydrogens (tertiary/aromatic N) is 3. The summed E-state index contributed by atoms with van der Waals surface area (Å²) in [4.78, 5) is 12.3. The molecule has 2 rings (SSSR count). The summed E-state index contributed by atoms with van der Waals surface area (Å²) in [7, 11) is 1.59. The summed E-state index contributed by atoms with van der Waals surface area (Å²) in [6, 6.07) is 9.71. The molecule has 0 spiro atoms. The Morgan fingerprint density at radius 1 is 1.24 bits per heavy atom. The maximum Gasteiger partial charge on any atom is 0.153 e. The van der Waals surface area contributed by atoms with Crippen LogP contribution < -0.4 is 11.5 Å². The highest BCUT2D eigenvalue weighted by Gasteiger charge is 2.09. The molecule has 0 aliphatic heterocycles. The van der Waals surface area contributed by atoms with E-state index in [1.165, 1.54) is 0 Å². The molecule has 5 heteroatoms. The van der Waals surface area contributed by atoms with Gasteiger partial charge in [-0.2, -0.15) is 0 Å². The number of benzene rings is 1. The normalized spacial score (nSPS) is 11.5. The molecule has 0 atom stereocenters. The maximum atomic E-state index is 5.71. The van der Waals surface area contributed by atoms with Gasteiger partial charge in [-0.15, -0.1) is 0 Å². The highest BCUT2D eigenvalue weighted by molar-refractivity contribution is 5.99. The molecule has 5 nitrogen and oxygen atoms in total. The largest absolute Gasteiger partial charge is 0.382 e. The zero-order chi connectivity index (χ0) is 12.3. The Morgan fingerprint density at radius 2 is 1.94 bits per heavy atom. The van der Waals surface area contributed by atoms with E-state index >= 15 is 0 Å². The third kappa shape index (κ3) is 2.23. The quantitative estimate of drug-likeness (QED) is 0.593. The number of aliphatic imine (C=N–C) groups is 1. The third-order valence-corrected chi connectivity index (χ3v) is 2.35. The van der Waals surface area contributed by atoms with Crippen LogP contribution in [0.15, 0.2) is 41.5 Å². The van der Waals surface area contributed by atoms with Crippen molar-refractivity contribution in [3.63, 3.8) is 0 Å². The summed E-state index contributed by atoms with van der Waals surface area (Å²) in [6.07, 6.45) is 1.62. The van der Waals surface area contributed by atoms with Gasteiger partial charge >= 0.3 is 0 Å². The zero-order valence-electron chi connectivity index (χ0n) is 9.46. The second-order valence-electron chi connectivity index (χ2n) is 3.46. The number of nitrogen functional groups attached to an aromatic ring is 1. The molecule has 0 bridgehead atoms. The molecule has 1 heterocycles. The molecule has 86 valence electrons. The molecule has 0 saturated carbocycles. The van der Waals surface area contributed by atoms with Crippen LogP contribution in [-0.2, 0) is 0 Å². The van der Waals surface area contributed by atoms with E-state index in [9.17, 15) is 0 Å². The van der Waals surface area contributed by atoms with E-state index < -0.39 is 0 Å². The van der Waals surface area contributed by atoms with Crippen LogP contribution in [0, 0.1) is 0 Å². The lowest BCUT2D eigenvalue weighted by atomic mass is 10.1. The van der Waals surface area contributed by atoms with Gasteiger partial charge in [0.1, 0.15) is 11.5 Å². The van der Waals surface area contributed by atoms with Crippen LogP contribution >= 0.6 is 0 Å². The number of rotatable bonds is 2. The van der Waals surface area contributed by atoms with Crippen molar-refractivity contribution < 1.29 is 0 Å². The SMILES string of the molecule is CN=C(N)c1nc(-c2ccccc2)cnc1N. The van der Waals surface area contributed by atoms with Crippen molar-refractivity contribution >= 4 is 11.7 Å². The second kappa shape index (κ2) is 4.61. The van der Waals surface area contributed by atoms with Crippen LogP contribution in [-0.4, -0.2) is 22.9 Å². The Bertz CT molecular complexity index is 548. The van der Waals surface area contributed by atoms with E-state index in [1.54, 1.807) is 13.2 Å². The van der Waals surface area contributed by atoms with Gasteiger partial charge in [0.2, 0.25) is 0 Å². The molecule has 1 aromatic carbocycles. The number of hydrogen-bond acceptors (Lipinski definition) is 4. The van der Waals surface area contributed by atoms with Crippen molar-refractivity contribution in [2.45, 2.75) is 0 Å². The smallest absolute Gasteiger partial charge is 0.153 e. The molecular weight excluding hydrogens is 214 g/mol.